The van der Waals surface area contributed by atoms with Crippen LogP contribution in [0.2, 0.25) is 0 Å². The van der Waals surface area contributed by atoms with Crippen LogP contribution in [0.1, 0.15) is 11.6 Å². The second-order valence-electron chi connectivity index (χ2n) is 6.17. The van der Waals surface area contributed by atoms with E-state index in [1.54, 1.807) is 19.1 Å². The van der Waals surface area contributed by atoms with Gasteiger partial charge in [-0.2, -0.15) is 0 Å². The Hall–Kier alpha value is -2.32. The fourth-order valence-electron chi connectivity index (χ4n) is 3.27. The number of piperazine rings is 1. The number of imide groups is 1. The molecule has 0 bridgehead atoms. The zero-order valence-corrected chi connectivity index (χ0v) is 15.6. The van der Waals surface area contributed by atoms with E-state index >= 15 is 0 Å². The van der Waals surface area contributed by atoms with Crippen LogP contribution < -0.4 is 10.1 Å². The number of nitrogens with zero attached hydrogens (tertiary/aromatic N) is 3. The smallest absolute Gasteiger partial charge is 0.327 e. The Balaban J connectivity index is 0.00000243. The van der Waals surface area contributed by atoms with Gasteiger partial charge in [0.25, 0.3) is 5.91 Å². The molecule has 0 aliphatic carbocycles. The van der Waals surface area contributed by atoms with Crippen LogP contribution in [0.3, 0.4) is 0 Å². The van der Waals surface area contributed by atoms with Crippen LogP contribution in [-0.2, 0) is 9.59 Å². The lowest BCUT2D eigenvalue weighted by atomic mass is 10.0. The molecule has 1 unspecified atom stereocenters. The standard InChI is InChI=1S/C17H22N4O4.ClH/c1-19-10-15(22)21(17(19)24)11-16(23)20-8-7-18-9-13(20)12-5-3-4-6-14(12)25-2;/h3-6,13,18H,7-11H2,1-2H3;1H. The quantitative estimate of drug-likeness (QED) is 0.766. The monoisotopic (exact) mass is 382 g/mol. The number of benzene rings is 1. The Bertz CT molecular complexity index is 699. The molecule has 1 atom stereocenters. The maximum Gasteiger partial charge on any atom is 0.327 e. The van der Waals surface area contributed by atoms with Gasteiger partial charge in [-0.3, -0.25) is 14.5 Å². The van der Waals surface area contributed by atoms with Crippen LogP contribution in [-0.4, -0.2) is 79.4 Å². The van der Waals surface area contributed by atoms with E-state index in [0.717, 1.165) is 10.5 Å². The lowest BCUT2D eigenvalue weighted by molar-refractivity contribution is -0.139. The Kier molecular flexibility index (Phi) is 6.44. The van der Waals surface area contributed by atoms with Crippen LogP contribution in [0.15, 0.2) is 24.3 Å². The van der Waals surface area contributed by atoms with Crippen molar-refractivity contribution >= 4 is 30.3 Å². The molecule has 1 aromatic rings. The molecule has 2 aliphatic heterocycles. The maximum atomic E-state index is 12.8. The normalized spacial score (nSPS) is 20.2. The van der Waals surface area contributed by atoms with Crippen molar-refractivity contribution in [3.05, 3.63) is 29.8 Å². The molecule has 8 nitrogen and oxygen atoms in total. The van der Waals surface area contributed by atoms with Crippen molar-refractivity contribution in [2.75, 3.05) is 46.9 Å². The summed E-state index contributed by atoms with van der Waals surface area (Å²) in [4.78, 5) is 40.8. The number of para-hydroxylation sites is 1. The number of amides is 4. The van der Waals surface area contributed by atoms with Crippen LogP contribution in [0.25, 0.3) is 0 Å². The van der Waals surface area contributed by atoms with Gasteiger partial charge >= 0.3 is 6.03 Å². The molecule has 4 amide bonds. The first-order valence-electron chi connectivity index (χ1n) is 8.21. The van der Waals surface area contributed by atoms with Gasteiger partial charge in [0, 0.05) is 32.2 Å². The molecule has 142 valence electrons. The first-order valence-corrected chi connectivity index (χ1v) is 8.21. The van der Waals surface area contributed by atoms with E-state index in [0.29, 0.717) is 25.4 Å². The molecular weight excluding hydrogens is 360 g/mol. The molecule has 2 heterocycles. The van der Waals surface area contributed by atoms with E-state index in [4.69, 9.17) is 4.74 Å². The summed E-state index contributed by atoms with van der Waals surface area (Å²) in [5.41, 5.74) is 0.904. The second kappa shape index (κ2) is 8.37. The number of hydrogen-bond donors (Lipinski definition) is 1. The van der Waals surface area contributed by atoms with Gasteiger partial charge in [-0.1, -0.05) is 18.2 Å². The highest BCUT2D eigenvalue weighted by atomic mass is 35.5. The second-order valence-corrected chi connectivity index (χ2v) is 6.17. The topological polar surface area (TPSA) is 82.2 Å². The van der Waals surface area contributed by atoms with Crippen LogP contribution in [0.5, 0.6) is 5.75 Å². The fraction of sp³-hybridized carbons (Fsp3) is 0.471. The van der Waals surface area contributed by atoms with Crippen molar-refractivity contribution in [3.8, 4) is 5.75 Å². The van der Waals surface area contributed by atoms with Gasteiger partial charge in [-0.15, -0.1) is 12.4 Å². The summed E-state index contributed by atoms with van der Waals surface area (Å²) < 4.78 is 5.42. The largest absolute Gasteiger partial charge is 0.496 e. The summed E-state index contributed by atoms with van der Waals surface area (Å²) in [5.74, 6) is 0.126. The molecule has 3 rings (SSSR count). The Morgan fingerprint density at radius 2 is 2.04 bits per heavy atom. The van der Waals surface area contributed by atoms with E-state index in [-0.39, 0.29) is 43.4 Å². The van der Waals surface area contributed by atoms with Gasteiger partial charge in [0.1, 0.15) is 18.8 Å². The lowest BCUT2D eigenvalue weighted by Crippen LogP contribution is -2.52. The average molecular weight is 383 g/mol. The molecule has 9 heteroatoms. The molecule has 1 aromatic carbocycles. The molecule has 26 heavy (non-hydrogen) atoms. The lowest BCUT2D eigenvalue weighted by Gasteiger charge is -2.37. The van der Waals surface area contributed by atoms with E-state index < -0.39 is 6.03 Å². The number of likely N-dealkylation sites (N-methyl/N-ethyl adjacent to an activating group) is 1. The summed E-state index contributed by atoms with van der Waals surface area (Å²) in [6, 6.07) is 6.93. The minimum absolute atomic E-state index is 0. The molecule has 2 aliphatic rings. The Labute approximate surface area is 158 Å². The zero-order valence-electron chi connectivity index (χ0n) is 14.8. The maximum absolute atomic E-state index is 12.8. The number of hydrogen-bond acceptors (Lipinski definition) is 5. The van der Waals surface area contributed by atoms with E-state index in [9.17, 15) is 14.4 Å². The number of rotatable bonds is 4. The Morgan fingerprint density at radius 1 is 1.31 bits per heavy atom. The predicted octanol–water partition coefficient (Wildman–Crippen LogP) is 0.484. The highest BCUT2D eigenvalue weighted by Crippen LogP contribution is 2.30. The fourth-order valence-corrected chi connectivity index (χ4v) is 3.27. The number of carbonyl (C=O) groups excluding carboxylic acids is 3. The van der Waals surface area contributed by atoms with Crippen molar-refractivity contribution in [2.45, 2.75) is 6.04 Å². The van der Waals surface area contributed by atoms with Gasteiger partial charge in [-0.05, 0) is 6.07 Å². The van der Waals surface area contributed by atoms with Gasteiger partial charge in [0.2, 0.25) is 5.91 Å². The molecule has 0 aromatic heterocycles. The van der Waals surface area contributed by atoms with Gasteiger partial charge in [-0.25, -0.2) is 4.79 Å². The van der Waals surface area contributed by atoms with Crippen molar-refractivity contribution in [2.24, 2.45) is 0 Å². The number of nitrogens with one attached hydrogen (secondary N) is 1. The number of urea groups is 1. The molecule has 0 saturated carbocycles. The summed E-state index contributed by atoms with van der Waals surface area (Å²) in [7, 11) is 3.14. The minimum atomic E-state index is -0.428. The zero-order chi connectivity index (χ0) is 18.0. The Morgan fingerprint density at radius 3 is 2.69 bits per heavy atom. The predicted molar refractivity (Wildman–Crippen MR) is 97.3 cm³/mol. The van der Waals surface area contributed by atoms with Gasteiger partial charge in [0.05, 0.1) is 13.2 Å². The van der Waals surface area contributed by atoms with Crippen LogP contribution >= 0.6 is 12.4 Å². The molecule has 0 spiro atoms. The van der Waals surface area contributed by atoms with Gasteiger partial charge in [0.15, 0.2) is 0 Å². The van der Waals surface area contributed by atoms with Crippen molar-refractivity contribution in [3.63, 3.8) is 0 Å². The first kappa shape index (κ1) is 20.0. The molecule has 1 N–H and O–H groups in total. The van der Waals surface area contributed by atoms with Crippen molar-refractivity contribution in [1.29, 1.82) is 0 Å². The third-order valence-electron chi connectivity index (χ3n) is 4.59. The highest BCUT2D eigenvalue weighted by Gasteiger charge is 2.37. The van der Waals surface area contributed by atoms with Crippen molar-refractivity contribution < 1.29 is 19.1 Å². The molecular formula is C17H23ClN4O4. The van der Waals surface area contributed by atoms with E-state index in [2.05, 4.69) is 5.32 Å². The molecule has 2 saturated heterocycles. The van der Waals surface area contributed by atoms with Crippen LogP contribution in [0, 0.1) is 0 Å². The van der Waals surface area contributed by atoms with E-state index in [1.165, 1.54) is 4.90 Å². The number of carbonyl (C=O) groups is 3. The molecule has 0 radical (unpaired) electrons. The number of ether oxygens (including phenoxy) is 1. The highest BCUT2D eigenvalue weighted by molar-refractivity contribution is 6.04. The van der Waals surface area contributed by atoms with Gasteiger partial charge < -0.3 is 19.9 Å². The third kappa shape index (κ3) is 3.76. The summed E-state index contributed by atoms with van der Waals surface area (Å²) in [6.45, 7) is 1.55. The van der Waals surface area contributed by atoms with Crippen LogP contribution in [0.4, 0.5) is 4.79 Å². The molecule has 2 fully saturated rings. The van der Waals surface area contributed by atoms with E-state index in [1.807, 2.05) is 24.3 Å². The number of methoxy groups -OCH3 is 1. The first-order chi connectivity index (χ1) is 12.0. The average Bonchev–Trinajstić information content (AvgIpc) is 2.87. The number of halogens is 1. The minimum Gasteiger partial charge on any atom is -0.496 e. The third-order valence-corrected chi connectivity index (χ3v) is 4.59. The SMILES string of the molecule is COc1ccccc1C1CNCCN1C(=O)CN1C(=O)CN(C)C1=O.Cl. The summed E-state index contributed by atoms with van der Waals surface area (Å²) in [5, 5.41) is 3.28. The summed E-state index contributed by atoms with van der Waals surface area (Å²) in [6.07, 6.45) is 0. The van der Waals surface area contributed by atoms with Crippen molar-refractivity contribution in [1.82, 2.24) is 20.0 Å². The summed E-state index contributed by atoms with van der Waals surface area (Å²) >= 11 is 0.